The van der Waals surface area contributed by atoms with Gasteiger partial charge in [-0.2, -0.15) is 0 Å². The van der Waals surface area contributed by atoms with E-state index in [4.69, 9.17) is 16.0 Å². The topological polar surface area (TPSA) is 89.3 Å². The molecule has 0 saturated heterocycles. The van der Waals surface area contributed by atoms with Gasteiger partial charge in [-0.05, 0) is 42.5 Å². The fourth-order valence-corrected chi connectivity index (χ4v) is 3.83. The van der Waals surface area contributed by atoms with E-state index in [0.29, 0.717) is 27.0 Å². The fourth-order valence-electron chi connectivity index (χ4n) is 2.17. The van der Waals surface area contributed by atoms with Crippen LogP contribution < -0.4 is 5.32 Å². The molecule has 2 aromatic carbocycles. The third kappa shape index (κ3) is 4.38. The third-order valence-corrected chi connectivity index (χ3v) is 6.35. The summed E-state index contributed by atoms with van der Waals surface area (Å²) in [6.45, 7) is 1.59. The number of aromatic nitrogens is 1. The lowest BCUT2D eigenvalue weighted by Crippen LogP contribution is -2.13. The average molecular weight is 411 g/mol. The van der Waals surface area contributed by atoms with Crippen molar-refractivity contribution in [3.8, 4) is 0 Å². The minimum Gasteiger partial charge on any atom is -0.431 e. The van der Waals surface area contributed by atoms with Crippen LogP contribution in [0.2, 0.25) is 5.02 Å². The van der Waals surface area contributed by atoms with E-state index in [9.17, 15) is 13.2 Å². The molecule has 0 spiro atoms. The molecule has 1 aromatic heterocycles. The van der Waals surface area contributed by atoms with Gasteiger partial charge in [-0.25, -0.2) is 13.4 Å². The first-order valence-electron chi connectivity index (χ1n) is 7.69. The van der Waals surface area contributed by atoms with Crippen molar-refractivity contribution in [2.45, 2.75) is 17.0 Å². The van der Waals surface area contributed by atoms with E-state index >= 15 is 0 Å². The number of carbonyl (C=O) groups is 1. The number of carbonyl (C=O) groups excluding carboxylic acids is 1. The molecule has 0 unspecified atom stereocenters. The number of hydrogen-bond donors (Lipinski definition) is 1. The van der Waals surface area contributed by atoms with Gasteiger partial charge in [0.1, 0.15) is 5.52 Å². The van der Waals surface area contributed by atoms with Crippen molar-refractivity contribution in [1.82, 2.24) is 4.98 Å². The lowest BCUT2D eigenvalue weighted by atomic mass is 10.3. The minimum absolute atomic E-state index is 0.0167. The van der Waals surface area contributed by atoms with E-state index < -0.39 is 9.84 Å². The number of benzene rings is 2. The van der Waals surface area contributed by atoms with Crippen LogP contribution in [0.15, 0.2) is 57.0 Å². The number of nitrogens with zero attached hydrogens (tertiary/aromatic N) is 1. The van der Waals surface area contributed by atoms with Gasteiger partial charge in [-0.15, -0.1) is 0 Å². The minimum atomic E-state index is -3.31. The number of halogens is 1. The van der Waals surface area contributed by atoms with Crippen molar-refractivity contribution in [2.24, 2.45) is 0 Å². The molecule has 3 aromatic rings. The van der Waals surface area contributed by atoms with Crippen molar-refractivity contribution in [3.05, 3.63) is 47.5 Å². The highest BCUT2D eigenvalue weighted by molar-refractivity contribution is 7.99. The van der Waals surface area contributed by atoms with Gasteiger partial charge in [-0.3, -0.25) is 4.79 Å². The normalized spacial score (nSPS) is 11.6. The van der Waals surface area contributed by atoms with Gasteiger partial charge in [0.25, 0.3) is 5.22 Å². The molecule has 0 aliphatic carbocycles. The second-order valence-electron chi connectivity index (χ2n) is 5.36. The summed E-state index contributed by atoms with van der Waals surface area (Å²) in [5, 5.41) is 3.64. The Hall–Kier alpha value is -2.03. The van der Waals surface area contributed by atoms with Gasteiger partial charge >= 0.3 is 0 Å². The molecule has 1 amide bonds. The number of thioether (sulfide) groups is 1. The predicted molar refractivity (Wildman–Crippen MR) is 103 cm³/mol. The van der Waals surface area contributed by atoms with E-state index in [1.54, 1.807) is 37.3 Å². The largest absolute Gasteiger partial charge is 0.431 e. The molecule has 3 rings (SSSR count). The molecule has 0 radical (unpaired) electrons. The first-order valence-corrected chi connectivity index (χ1v) is 10.7. The van der Waals surface area contributed by atoms with Crippen LogP contribution in [0, 0.1) is 0 Å². The second-order valence-corrected chi connectivity index (χ2v) is 9.00. The first kappa shape index (κ1) is 18.8. The summed E-state index contributed by atoms with van der Waals surface area (Å²) >= 11 is 6.93. The molecule has 0 saturated carbocycles. The van der Waals surface area contributed by atoms with Gasteiger partial charge < -0.3 is 9.73 Å². The van der Waals surface area contributed by atoms with Crippen LogP contribution >= 0.6 is 23.4 Å². The van der Waals surface area contributed by atoms with E-state index in [2.05, 4.69) is 10.3 Å². The zero-order valence-electron chi connectivity index (χ0n) is 13.7. The van der Waals surface area contributed by atoms with Gasteiger partial charge in [0.05, 0.1) is 16.4 Å². The Morgan fingerprint density at radius 2 is 1.96 bits per heavy atom. The van der Waals surface area contributed by atoms with Gasteiger partial charge in [0.2, 0.25) is 5.91 Å². The summed E-state index contributed by atoms with van der Waals surface area (Å²) in [4.78, 5) is 16.4. The molecule has 0 fully saturated rings. The van der Waals surface area contributed by atoms with Crippen LogP contribution in [0.5, 0.6) is 0 Å². The maximum atomic E-state index is 12.0. The lowest BCUT2D eigenvalue weighted by molar-refractivity contribution is -0.113. The molecule has 0 aliphatic heterocycles. The summed E-state index contributed by atoms with van der Waals surface area (Å²) in [5.74, 6) is -0.0906. The van der Waals surface area contributed by atoms with Crippen LogP contribution in [0.1, 0.15) is 6.92 Å². The molecular formula is C17H15ClN2O4S2. The highest BCUT2D eigenvalue weighted by atomic mass is 35.5. The highest BCUT2D eigenvalue weighted by Crippen LogP contribution is 2.26. The quantitative estimate of drug-likeness (QED) is 0.617. The molecule has 6 nitrogen and oxygen atoms in total. The fraction of sp³-hybridized carbons (Fsp3) is 0.176. The number of anilines is 1. The molecule has 26 heavy (non-hydrogen) atoms. The standard InChI is InChI=1S/C17H15ClN2O4S2/c1-2-26(22,23)13-7-8-15-14(9-13)20-17(24-15)25-10-16(21)19-12-5-3-11(18)4-6-12/h3-9H,2,10H2,1H3,(H,19,21). The Morgan fingerprint density at radius 1 is 1.23 bits per heavy atom. The van der Waals surface area contributed by atoms with Crippen LogP contribution in [0.4, 0.5) is 5.69 Å². The first-order chi connectivity index (χ1) is 12.4. The molecule has 1 N–H and O–H groups in total. The SMILES string of the molecule is CCS(=O)(=O)c1ccc2oc(SCC(=O)Nc3ccc(Cl)cc3)nc2c1. The van der Waals surface area contributed by atoms with Crippen LogP contribution in [0.25, 0.3) is 11.1 Å². The molecule has 0 atom stereocenters. The van der Waals surface area contributed by atoms with Crippen LogP contribution in [-0.4, -0.2) is 30.8 Å². The highest BCUT2D eigenvalue weighted by Gasteiger charge is 2.15. The number of nitrogens with one attached hydrogen (secondary N) is 1. The van der Waals surface area contributed by atoms with E-state index in [1.165, 1.54) is 12.1 Å². The van der Waals surface area contributed by atoms with E-state index in [0.717, 1.165) is 11.8 Å². The molecule has 1 heterocycles. The summed E-state index contributed by atoms with van der Waals surface area (Å²) < 4.78 is 29.4. The van der Waals surface area contributed by atoms with Crippen molar-refractivity contribution >= 4 is 55.9 Å². The number of hydrogen-bond acceptors (Lipinski definition) is 6. The maximum Gasteiger partial charge on any atom is 0.257 e. The van der Waals surface area contributed by atoms with Crippen molar-refractivity contribution < 1.29 is 17.6 Å². The summed E-state index contributed by atoms with van der Waals surface area (Å²) in [6.07, 6.45) is 0. The van der Waals surface area contributed by atoms with Crippen molar-refractivity contribution in [3.63, 3.8) is 0 Å². The Bertz CT molecular complexity index is 1050. The average Bonchev–Trinajstić information content (AvgIpc) is 3.04. The maximum absolute atomic E-state index is 12.0. The monoisotopic (exact) mass is 410 g/mol. The number of rotatable bonds is 6. The predicted octanol–water partition coefficient (Wildman–Crippen LogP) is 4.01. The Kier molecular flexibility index (Phi) is 5.55. The van der Waals surface area contributed by atoms with E-state index in [-0.39, 0.29) is 22.3 Å². The molecule has 9 heteroatoms. The Morgan fingerprint density at radius 3 is 2.65 bits per heavy atom. The Labute approximate surface area is 159 Å². The number of oxazole rings is 1. The third-order valence-electron chi connectivity index (χ3n) is 3.53. The number of fused-ring (bicyclic) bond motifs is 1. The summed E-state index contributed by atoms with van der Waals surface area (Å²) in [6, 6.07) is 11.3. The molecular weight excluding hydrogens is 396 g/mol. The van der Waals surface area contributed by atoms with Gasteiger partial charge in [-0.1, -0.05) is 30.3 Å². The van der Waals surface area contributed by atoms with Crippen LogP contribution in [-0.2, 0) is 14.6 Å². The number of amides is 1. The number of sulfone groups is 1. The second kappa shape index (κ2) is 7.69. The molecule has 0 bridgehead atoms. The molecule has 0 aliphatic rings. The Balaban J connectivity index is 1.67. The van der Waals surface area contributed by atoms with Crippen molar-refractivity contribution in [2.75, 3.05) is 16.8 Å². The van der Waals surface area contributed by atoms with Gasteiger partial charge in [0, 0.05) is 10.7 Å². The molecule has 136 valence electrons. The summed E-state index contributed by atoms with van der Waals surface area (Å²) in [7, 11) is -3.31. The smallest absolute Gasteiger partial charge is 0.257 e. The zero-order valence-corrected chi connectivity index (χ0v) is 16.1. The lowest BCUT2D eigenvalue weighted by Gasteiger charge is -2.03. The van der Waals surface area contributed by atoms with Crippen molar-refractivity contribution in [1.29, 1.82) is 0 Å². The van der Waals surface area contributed by atoms with E-state index in [1.807, 2.05) is 0 Å². The van der Waals surface area contributed by atoms with Crippen LogP contribution in [0.3, 0.4) is 0 Å². The summed E-state index contributed by atoms with van der Waals surface area (Å²) in [5.41, 5.74) is 1.56. The zero-order chi connectivity index (χ0) is 18.7. The van der Waals surface area contributed by atoms with Gasteiger partial charge in [0.15, 0.2) is 15.4 Å².